The highest BCUT2D eigenvalue weighted by atomic mass is 16.5. The number of anilines is 1. The molecule has 0 bridgehead atoms. The van der Waals surface area contributed by atoms with Gasteiger partial charge >= 0.3 is 0 Å². The summed E-state index contributed by atoms with van der Waals surface area (Å²) in [7, 11) is 0. The van der Waals surface area contributed by atoms with Crippen molar-refractivity contribution in [2.24, 2.45) is 11.7 Å². The maximum Gasteiger partial charge on any atom is 0.227 e. The highest BCUT2D eigenvalue weighted by Gasteiger charge is 2.14. The number of ether oxygens (including phenoxy) is 1. The van der Waals surface area contributed by atoms with Gasteiger partial charge in [0, 0.05) is 11.6 Å². The molecule has 0 spiro atoms. The van der Waals surface area contributed by atoms with Crippen LogP contribution in [-0.4, -0.2) is 19.1 Å². The third-order valence-electron chi connectivity index (χ3n) is 3.22. The molecule has 1 aromatic rings. The van der Waals surface area contributed by atoms with Crippen molar-refractivity contribution in [3.05, 3.63) is 23.8 Å². The molecule has 1 atom stereocenters. The van der Waals surface area contributed by atoms with Gasteiger partial charge in [0.25, 0.3) is 0 Å². The molecule has 3 N–H and O–H groups in total. The Kier molecular flexibility index (Phi) is 4.20. The molecule has 1 aliphatic rings. The number of aryl methyl sites for hydroxylation is 1. The van der Waals surface area contributed by atoms with Gasteiger partial charge in [-0.25, -0.2) is 0 Å². The number of nitrogens with two attached hydrogens (primary N) is 1. The van der Waals surface area contributed by atoms with E-state index in [0.717, 1.165) is 30.9 Å². The second-order valence-electron chi connectivity index (χ2n) is 4.74. The molecule has 1 unspecified atom stereocenters. The van der Waals surface area contributed by atoms with Crippen LogP contribution in [-0.2, 0) is 11.2 Å². The number of carbonyl (C=O) groups excluding carboxylic acids is 1. The average Bonchev–Trinajstić information content (AvgIpc) is 2.39. The molecule has 4 nitrogen and oxygen atoms in total. The summed E-state index contributed by atoms with van der Waals surface area (Å²) in [6.07, 6.45) is 2.76. The Labute approximate surface area is 108 Å². The van der Waals surface area contributed by atoms with Crippen molar-refractivity contribution >= 4 is 11.6 Å². The molecule has 0 aromatic heterocycles. The smallest absolute Gasteiger partial charge is 0.227 e. The molecule has 0 saturated heterocycles. The second kappa shape index (κ2) is 5.87. The Morgan fingerprint density at radius 2 is 2.39 bits per heavy atom. The fraction of sp³-hybridized carbons (Fsp3) is 0.500. The summed E-state index contributed by atoms with van der Waals surface area (Å²) in [5.74, 6) is 0.911. The zero-order chi connectivity index (χ0) is 13.0. The molecule has 98 valence electrons. The van der Waals surface area contributed by atoms with Crippen molar-refractivity contribution in [2.75, 3.05) is 18.5 Å². The zero-order valence-corrected chi connectivity index (χ0v) is 10.7. The van der Waals surface area contributed by atoms with Gasteiger partial charge in [-0.1, -0.05) is 6.92 Å². The molecule has 1 amide bonds. The minimum atomic E-state index is -0.0534. The van der Waals surface area contributed by atoms with Crippen molar-refractivity contribution in [3.63, 3.8) is 0 Å². The van der Waals surface area contributed by atoms with E-state index in [-0.39, 0.29) is 11.8 Å². The first-order valence-electron chi connectivity index (χ1n) is 6.47. The first-order chi connectivity index (χ1) is 8.70. The van der Waals surface area contributed by atoms with Crippen LogP contribution in [0.25, 0.3) is 0 Å². The van der Waals surface area contributed by atoms with E-state index < -0.39 is 0 Å². The van der Waals surface area contributed by atoms with Crippen LogP contribution >= 0.6 is 0 Å². The molecular weight excluding hydrogens is 228 g/mol. The third kappa shape index (κ3) is 3.01. The van der Waals surface area contributed by atoms with E-state index in [4.69, 9.17) is 10.5 Å². The lowest BCUT2D eigenvalue weighted by Crippen LogP contribution is -2.22. The SMILES string of the molecule is CC(CCN)C(=O)Nc1ccc2c(c1)CCCO2. The van der Waals surface area contributed by atoms with Gasteiger partial charge in [0.15, 0.2) is 0 Å². The predicted molar refractivity (Wildman–Crippen MR) is 71.7 cm³/mol. The molecule has 0 radical (unpaired) electrons. The van der Waals surface area contributed by atoms with E-state index in [1.807, 2.05) is 25.1 Å². The van der Waals surface area contributed by atoms with Gasteiger partial charge in [0.1, 0.15) is 5.75 Å². The Bertz CT molecular complexity index is 432. The van der Waals surface area contributed by atoms with Gasteiger partial charge in [-0.2, -0.15) is 0 Å². The molecule has 1 aromatic carbocycles. The quantitative estimate of drug-likeness (QED) is 0.855. The van der Waals surface area contributed by atoms with E-state index in [9.17, 15) is 4.79 Å². The van der Waals surface area contributed by atoms with Gasteiger partial charge < -0.3 is 15.8 Å². The molecule has 1 aliphatic heterocycles. The number of nitrogens with one attached hydrogen (secondary N) is 1. The van der Waals surface area contributed by atoms with Gasteiger partial charge in [-0.05, 0) is 49.6 Å². The summed E-state index contributed by atoms with van der Waals surface area (Å²) in [5, 5.41) is 2.93. The highest BCUT2D eigenvalue weighted by molar-refractivity contribution is 5.92. The number of hydrogen-bond donors (Lipinski definition) is 2. The number of benzene rings is 1. The number of rotatable bonds is 4. The monoisotopic (exact) mass is 248 g/mol. The van der Waals surface area contributed by atoms with E-state index in [2.05, 4.69) is 5.32 Å². The first kappa shape index (κ1) is 12.9. The molecule has 2 rings (SSSR count). The van der Waals surface area contributed by atoms with E-state index in [1.165, 1.54) is 5.56 Å². The summed E-state index contributed by atoms with van der Waals surface area (Å²) < 4.78 is 5.54. The summed E-state index contributed by atoms with van der Waals surface area (Å²) in [5.41, 5.74) is 7.47. The van der Waals surface area contributed by atoms with Gasteiger partial charge in [0.05, 0.1) is 6.61 Å². The summed E-state index contributed by atoms with van der Waals surface area (Å²) in [6.45, 7) is 3.21. The van der Waals surface area contributed by atoms with Crippen LogP contribution < -0.4 is 15.8 Å². The van der Waals surface area contributed by atoms with Crippen molar-refractivity contribution in [3.8, 4) is 5.75 Å². The summed E-state index contributed by atoms with van der Waals surface area (Å²) >= 11 is 0. The largest absolute Gasteiger partial charge is 0.493 e. The summed E-state index contributed by atoms with van der Waals surface area (Å²) in [4.78, 5) is 11.9. The van der Waals surface area contributed by atoms with Crippen LogP contribution in [0.2, 0.25) is 0 Å². The molecule has 18 heavy (non-hydrogen) atoms. The topological polar surface area (TPSA) is 64.4 Å². The van der Waals surface area contributed by atoms with Crippen LogP contribution in [0.15, 0.2) is 18.2 Å². The van der Waals surface area contributed by atoms with Crippen molar-refractivity contribution < 1.29 is 9.53 Å². The zero-order valence-electron chi connectivity index (χ0n) is 10.7. The lowest BCUT2D eigenvalue weighted by Gasteiger charge is -2.18. The molecule has 0 aliphatic carbocycles. The lowest BCUT2D eigenvalue weighted by molar-refractivity contribution is -0.119. The highest BCUT2D eigenvalue weighted by Crippen LogP contribution is 2.27. The van der Waals surface area contributed by atoms with Gasteiger partial charge in [-0.3, -0.25) is 4.79 Å². The number of amides is 1. The minimum absolute atomic E-state index is 0.0251. The maximum absolute atomic E-state index is 11.9. The van der Waals surface area contributed by atoms with Crippen LogP contribution in [0.3, 0.4) is 0 Å². The van der Waals surface area contributed by atoms with Crippen molar-refractivity contribution in [1.29, 1.82) is 0 Å². The average molecular weight is 248 g/mol. The Balaban J connectivity index is 2.03. The van der Waals surface area contributed by atoms with Crippen LogP contribution in [0.5, 0.6) is 5.75 Å². The molecule has 0 fully saturated rings. The van der Waals surface area contributed by atoms with Crippen LogP contribution in [0, 0.1) is 5.92 Å². The molecule has 1 heterocycles. The van der Waals surface area contributed by atoms with E-state index >= 15 is 0 Å². The van der Waals surface area contributed by atoms with E-state index in [1.54, 1.807) is 0 Å². The first-order valence-corrected chi connectivity index (χ1v) is 6.47. The fourth-order valence-electron chi connectivity index (χ4n) is 2.08. The second-order valence-corrected chi connectivity index (χ2v) is 4.74. The predicted octanol–water partition coefficient (Wildman–Crippen LogP) is 1.93. The van der Waals surface area contributed by atoms with Gasteiger partial charge in [0.2, 0.25) is 5.91 Å². The van der Waals surface area contributed by atoms with Crippen LogP contribution in [0.4, 0.5) is 5.69 Å². The lowest BCUT2D eigenvalue weighted by atomic mass is 10.0. The minimum Gasteiger partial charge on any atom is -0.493 e. The molecule has 0 saturated carbocycles. The third-order valence-corrected chi connectivity index (χ3v) is 3.22. The fourth-order valence-corrected chi connectivity index (χ4v) is 2.08. The Hall–Kier alpha value is -1.55. The number of hydrogen-bond acceptors (Lipinski definition) is 3. The van der Waals surface area contributed by atoms with Gasteiger partial charge in [-0.15, -0.1) is 0 Å². The maximum atomic E-state index is 11.9. The normalized spacial score (nSPS) is 15.4. The Morgan fingerprint density at radius 1 is 1.56 bits per heavy atom. The van der Waals surface area contributed by atoms with Crippen LogP contribution in [0.1, 0.15) is 25.3 Å². The van der Waals surface area contributed by atoms with Crippen molar-refractivity contribution in [2.45, 2.75) is 26.2 Å². The van der Waals surface area contributed by atoms with Crippen molar-refractivity contribution in [1.82, 2.24) is 0 Å². The Morgan fingerprint density at radius 3 is 3.17 bits per heavy atom. The molecule has 4 heteroatoms. The number of carbonyl (C=O) groups is 1. The standard InChI is InChI=1S/C14H20N2O2/c1-10(6-7-15)14(17)16-12-4-5-13-11(9-12)3-2-8-18-13/h4-5,9-10H,2-3,6-8,15H2,1H3,(H,16,17). The summed E-state index contributed by atoms with van der Waals surface area (Å²) in [6, 6.07) is 5.82. The molecular formula is C14H20N2O2. The van der Waals surface area contributed by atoms with E-state index in [0.29, 0.717) is 13.0 Å². The number of fused-ring (bicyclic) bond motifs is 1.